The number of rotatable bonds is 7. The Hall–Kier alpha value is -2.95. The zero-order valence-corrected chi connectivity index (χ0v) is 15.7. The van der Waals surface area contributed by atoms with Gasteiger partial charge in [-0.05, 0) is 37.5 Å². The van der Waals surface area contributed by atoms with Gasteiger partial charge in [-0.2, -0.15) is 14.0 Å². The quantitative estimate of drug-likeness (QED) is 0.416. The van der Waals surface area contributed by atoms with E-state index in [1.165, 1.54) is 12.3 Å². The smallest absolute Gasteiger partial charge is 0.349 e. The van der Waals surface area contributed by atoms with E-state index in [-0.39, 0.29) is 11.4 Å². The van der Waals surface area contributed by atoms with E-state index in [9.17, 15) is 18.8 Å². The predicted molar refractivity (Wildman–Crippen MR) is 95.6 cm³/mol. The summed E-state index contributed by atoms with van der Waals surface area (Å²) < 4.78 is 33.3. The van der Waals surface area contributed by atoms with Gasteiger partial charge in [-0.15, -0.1) is 0 Å². The van der Waals surface area contributed by atoms with Crippen molar-refractivity contribution in [1.29, 1.82) is 5.26 Å². The van der Waals surface area contributed by atoms with Crippen LogP contribution in [0.3, 0.4) is 0 Å². The van der Waals surface area contributed by atoms with E-state index in [2.05, 4.69) is 23.4 Å². The number of ether oxygens (including phenoxy) is 1. The average molecular weight is 376 g/mol. The lowest BCUT2D eigenvalue weighted by molar-refractivity contribution is -0.140. The van der Waals surface area contributed by atoms with Crippen LogP contribution in [0.5, 0.6) is 0 Å². The summed E-state index contributed by atoms with van der Waals surface area (Å²) in [5, 5.41) is 9.30. The number of nitrogens with zero attached hydrogens (tertiary/aromatic N) is 4. The number of carbonyl (C=O) groups is 1. The standard InChI is InChI=1S/C19H22F2N4O2/c1-12(2)10-25-13(3)7-15(14(25)4)8-16(9-22)18(26)27-11-17-23-5-6-24(17)19(20)21/h5-8,12,19H,10-11H2,1-4H3/b16-8+. The van der Waals surface area contributed by atoms with E-state index in [1.807, 2.05) is 26.0 Å². The normalized spacial score (nSPS) is 11.9. The molecule has 0 aliphatic rings. The third-order valence-electron chi connectivity index (χ3n) is 4.09. The molecular weight excluding hydrogens is 354 g/mol. The molecule has 0 bridgehead atoms. The Balaban J connectivity index is 2.17. The summed E-state index contributed by atoms with van der Waals surface area (Å²) in [4.78, 5) is 15.9. The van der Waals surface area contributed by atoms with Gasteiger partial charge in [-0.3, -0.25) is 4.57 Å². The number of halogens is 2. The molecule has 0 aliphatic carbocycles. The van der Waals surface area contributed by atoms with Crippen LogP contribution in [0.4, 0.5) is 8.78 Å². The van der Waals surface area contributed by atoms with Gasteiger partial charge >= 0.3 is 12.5 Å². The van der Waals surface area contributed by atoms with Gasteiger partial charge in [-0.1, -0.05) is 13.8 Å². The Morgan fingerprint density at radius 3 is 2.70 bits per heavy atom. The fourth-order valence-corrected chi connectivity index (χ4v) is 2.75. The van der Waals surface area contributed by atoms with Crippen molar-refractivity contribution in [3.8, 4) is 6.07 Å². The average Bonchev–Trinajstić information content (AvgIpc) is 3.17. The molecule has 0 fully saturated rings. The molecule has 2 heterocycles. The highest BCUT2D eigenvalue weighted by atomic mass is 19.3. The first kappa shape index (κ1) is 20.4. The number of aryl methyl sites for hydroxylation is 1. The number of alkyl halides is 2. The molecule has 0 N–H and O–H groups in total. The topological polar surface area (TPSA) is 72.8 Å². The van der Waals surface area contributed by atoms with E-state index < -0.39 is 19.1 Å². The lowest BCUT2D eigenvalue weighted by atomic mass is 10.1. The minimum absolute atomic E-state index is 0.0919. The van der Waals surface area contributed by atoms with Crippen LogP contribution in [0.1, 0.15) is 43.2 Å². The predicted octanol–water partition coefficient (Wildman–Crippen LogP) is 4.00. The number of hydrogen-bond acceptors (Lipinski definition) is 4. The highest BCUT2D eigenvalue weighted by Crippen LogP contribution is 2.20. The van der Waals surface area contributed by atoms with Crippen molar-refractivity contribution in [3.05, 3.63) is 46.8 Å². The van der Waals surface area contributed by atoms with Crippen molar-refractivity contribution in [3.63, 3.8) is 0 Å². The van der Waals surface area contributed by atoms with Crippen LogP contribution >= 0.6 is 0 Å². The molecule has 0 aromatic carbocycles. The maximum Gasteiger partial charge on any atom is 0.349 e. The lowest BCUT2D eigenvalue weighted by Crippen LogP contribution is -2.11. The second kappa shape index (κ2) is 8.62. The molecule has 2 aromatic heterocycles. The fraction of sp³-hybridized carbons (Fsp3) is 0.421. The summed E-state index contributed by atoms with van der Waals surface area (Å²) >= 11 is 0. The van der Waals surface area contributed by atoms with E-state index in [1.54, 1.807) is 0 Å². The minimum atomic E-state index is -2.78. The molecular formula is C19H22F2N4O2. The molecule has 2 aromatic rings. The van der Waals surface area contributed by atoms with Crippen molar-refractivity contribution >= 4 is 12.0 Å². The van der Waals surface area contributed by atoms with E-state index in [0.717, 1.165) is 29.7 Å². The molecule has 0 unspecified atom stereocenters. The largest absolute Gasteiger partial charge is 0.453 e. The summed E-state index contributed by atoms with van der Waals surface area (Å²) in [6.07, 6.45) is 3.75. The van der Waals surface area contributed by atoms with Gasteiger partial charge in [0.25, 0.3) is 0 Å². The molecule has 27 heavy (non-hydrogen) atoms. The minimum Gasteiger partial charge on any atom is -0.453 e. The first-order chi connectivity index (χ1) is 12.7. The number of esters is 1. The Morgan fingerprint density at radius 2 is 2.11 bits per heavy atom. The number of hydrogen-bond donors (Lipinski definition) is 0. The maximum atomic E-state index is 12.8. The Morgan fingerprint density at radius 1 is 1.41 bits per heavy atom. The van der Waals surface area contributed by atoms with Gasteiger partial charge in [-0.25, -0.2) is 9.78 Å². The molecule has 0 amide bonds. The molecule has 6 nitrogen and oxygen atoms in total. The second-order valence-electron chi connectivity index (χ2n) is 6.61. The van der Waals surface area contributed by atoms with Crippen LogP contribution in [0.2, 0.25) is 0 Å². The Labute approximate surface area is 156 Å². The van der Waals surface area contributed by atoms with Crippen LogP contribution in [0.15, 0.2) is 24.0 Å². The number of nitriles is 1. The molecule has 0 saturated carbocycles. The van der Waals surface area contributed by atoms with Crippen LogP contribution < -0.4 is 0 Å². The van der Waals surface area contributed by atoms with Crippen molar-refractivity contribution < 1.29 is 18.3 Å². The summed E-state index contributed by atoms with van der Waals surface area (Å²) in [5.74, 6) is -0.522. The molecule has 0 spiro atoms. The molecule has 144 valence electrons. The van der Waals surface area contributed by atoms with Crippen molar-refractivity contribution in [1.82, 2.24) is 14.1 Å². The van der Waals surface area contributed by atoms with Gasteiger partial charge in [0.2, 0.25) is 0 Å². The van der Waals surface area contributed by atoms with Crippen molar-refractivity contribution in [2.24, 2.45) is 5.92 Å². The lowest BCUT2D eigenvalue weighted by Gasteiger charge is -2.12. The number of imidazole rings is 1. The molecule has 0 radical (unpaired) electrons. The Bertz CT molecular complexity index is 888. The van der Waals surface area contributed by atoms with Crippen LogP contribution in [-0.4, -0.2) is 20.1 Å². The van der Waals surface area contributed by atoms with E-state index >= 15 is 0 Å². The SMILES string of the molecule is Cc1cc(/C=C(\C#N)C(=O)OCc2nccn2C(F)F)c(C)n1CC(C)C. The molecule has 8 heteroatoms. The highest BCUT2D eigenvalue weighted by molar-refractivity contribution is 5.98. The number of aromatic nitrogens is 3. The van der Waals surface area contributed by atoms with Crippen LogP contribution in [-0.2, 0) is 22.7 Å². The van der Waals surface area contributed by atoms with Gasteiger partial charge < -0.3 is 9.30 Å². The van der Waals surface area contributed by atoms with Gasteiger partial charge in [0.05, 0.1) is 0 Å². The zero-order chi connectivity index (χ0) is 20.1. The first-order valence-electron chi connectivity index (χ1n) is 8.50. The molecule has 0 aliphatic heterocycles. The third-order valence-corrected chi connectivity index (χ3v) is 4.09. The summed E-state index contributed by atoms with van der Waals surface area (Å²) in [5.41, 5.74) is 2.51. The van der Waals surface area contributed by atoms with Gasteiger partial charge in [0, 0.05) is 30.3 Å². The number of carbonyl (C=O) groups excluding carboxylic acids is 1. The monoisotopic (exact) mass is 376 g/mol. The Kier molecular flexibility index (Phi) is 6.50. The van der Waals surface area contributed by atoms with Gasteiger partial charge in [0.15, 0.2) is 5.82 Å². The fourth-order valence-electron chi connectivity index (χ4n) is 2.75. The zero-order valence-electron chi connectivity index (χ0n) is 15.7. The molecule has 0 atom stereocenters. The van der Waals surface area contributed by atoms with Crippen LogP contribution in [0, 0.1) is 31.1 Å². The maximum absolute atomic E-state index is 12.8. The molecule has 0 saturated heterocycles. The van der Waals surface area contributed by atoms with Gasteiger partial charge in [0.1, 0.15) is 18.2 Å². The van der Waals surface area contributed by atoms with E-state index in [0.29, 0.717) is 10.5 Å². The first-order valence-corrected chi connectivity index (χ1v) is 8.50. The van der Waals surface area contributed by atoms with Crippen molar-refractivity contribution in [2.75, 3.05) is 0 Å². The summed E-state index contributed by atoms with van der Waals surface area (Å²) in [7, 11) is 0. The molecule has 2 rings (SSSR count). The third kappa shape index (κ3) is 4.82. The van der Waals surface area contributed by atoms with Crippen LogP contribution in [0.25, 0.3) is 6.08 Å². The summed E-state index contributed by atoms with van der Waals surface area (Å²) in [6, 6.07) is 3.71. The second-order valence-corrected chi connectivity index (χ2v) is 6.61. The highest BCUT2D eigenvalue weighted by Gasteiger charge is 2.17. The van der Waals surface area contributed by atoms with E-state index in [4.69, 9.17) is 4.74 Å². The van der Waals surface area contributed by atoms with Crippen molar-refractivity contribution in [2.45, 2.75) is 47.4 Å². The summed E-state index contributed by atoms with van der Waals surface area (Å²) in [6.45, 7) is 5.70.